The number of nitro groups is 1. The third kappa shape index (κ3) is 2.94. The van der Waals surface area contributed by atoms with Gasteiger partial charge >= 0.3 is 0 Å². The first-order chi connectivity index (χ1) is 7.99. The molecule has 0 spiro atoms. The van der Waals surface area contributed by atoms with E-state index in [0.29, 0.717) is 12.0 Å². The van der Waals surface area contributed by atoms with Crippen molar-refractivity contribution in [2.75, 3.05) is 5.32 Å². The second kappa shape index (κ2) is 5.30. The number of hydrogen-bond acceptors (Lipinski definition) is 3. The maximum Gasteiger partial charge on any atom is 0.295 e. The number of benzene rings is 1. The number of hydrogen-bond donors (Lipinski definition) is 1. The van der Waals surface area contributed by atoms with Gasteiger partial charge in [-0.3, -0.25) is 10.1 Å². The Labute approximate surface area is 99.0 Å². The van der Waals surface area contributed by atoms with Gasteiger partial charge in [0, 0.05) is 0 Å². The Morgan fingerprint density at radius 1 is 1.65 bits per heavy atom. The minimum Gasteiger partial charge on any atom is -0.366 e. The molecule has 17 heavy (non-hydrogen) atoms. The average Bonchev–Trinajstić information content (AvgIpc) is 2.29. The van der Waals surface area contributed by atoms with E-state index >= 15 is 0 Å². The maximum atomic E-state index is 13.2. The Morgan fingerprint density at radius 2 is 2.29 bits per heavy atom. The van der Waals surface area contributed by atoms with Crippen LogP contribution in [0.4, 0.5) is 15.8 Å². The van der Waals surface area contributed by atoms with Gasteiger partial charge in [0.1, 0.15) is 11.5 Å². The van der Waals surface area contributed by atoms with Crippen molar-refractivity contribution in [3.8, 4) is 12.3 Å². The van der Waals surface area contributed by atoms with Crippen molar-refractivity contribution in [2.45, 2.75) is 26.3 Å². The van der Waals surface area contributed by atoms with Gasteiger partial charge in [0.25, 0.3) is 5.69 Å². The molecule has 0 aromatic heterocycles. The molecule has 0 saturated carbocycles. The number of terminal acetylenes is 1. The van der Waals surface area contributed by atoms with E-state index in [-0.39, 0.29) is 17.4 Å². The molecule has 0 radical (unpaired) electrons. The van der Waals surface area contributed by atoms with Crippen LogP contribution >= 0.6 is 0 Å². The van der Waals surface area contributed by atoms with E-state index in [4.69, 9.17) is 6.42 Å². The minimum absolute atomic E-state index is 0.249. The Balaban J connectivity index is 3.18. The summed E-state index contributed by atoms with van der Waals surface area (Å²) >= 11 is 0. The van der Waals surface area contributed by atoms with Crippen LogP contribution < -0.4 is 5.32 Å². The summed E-state index contributed by atoms with van der Waals surface area (Å²) in [6.07, 6.45) is 5.90. The quantitative estimate of drug-likeness (QED) is 0.497. The van der Waals surface area contributed by atoms with E-state index in [2.05, 4.69) is 11.2 Å². The molecular formula is C12H13FN2O2. The lowest BCUT2D eigenvalue weighted by Crippen LogP contribution is -2.17. The van der Waals surface area contributed by atoms with Gasteiger partial charge in [-0.2, -0.15) is 0 Å². The molecule has 0 aliphatic heterocycles. The molecule has 0 fully saturated rings. The number of aryl methyl sites for hydroxylation is 1. The standard InChI is InChI=1S/C12H13FN2O2/c1-4-9(5-2)14-11-6-8(3)10(13)7-12(11)15(16)17/h1,6-7,9,14H,5H2,2-3H3. The van der Waals surface area contributed by atoms with Crippen molar-refractivity contribution in [3.05, 3.63) is 33.6 Å². The van der Waals surface area contributed by atoms with Crippen molar-refractivity contribution >= 4 is 11.4 Å². The molecule has 0 heterocycles. The highest BCUT2D eigenvalue weighted by Gasteiger charge is 2.18. The fourth-order valence-electron chi connectivity index (χ4n) is 1.39. The van der Waals surface area contributed by atoms with Crippen molar-refractivity contribution in [1.82, 2.24) is 0 Å². The van der Waals surface area contributed by atoms with Crippen molar-refractivity contribution < 1.29 is 9.31 Å². The topological polar surface area (TPSA) is 55.2 Å². The smallest absolute Gasteiger partial charge is 0.295 e. The summed E-state index contributed by atoms with van der Waals surface area (Å²) in [6.45, 7) is 3.40. The fraction of sp³-hybridized carbons (Fsp3) is 0.333. The summed E-state index contributed by atoms with van der Waals surface area (Å²) in [5.41, 5.74) is 0.283. The van der Waals surface area contributed by atoms with Crippen LogP contribution in [0.2, 0.25) is 0 Å². The van der Waals surface area contributed by atoms with Crippen LogP contribution in [0.15, 0.2) is 12.1 Å². The van der Waals surface area contributed by atoms with Crippen LogP contribution in [0, 0.1) is 35.2 Å². The Kier molecular flexibility index (Phi) is 4.05. The molecule has 1 unspecified atom stereocenters. The number of halogens is 1. The fourth-order valence-corrected chi connectivity index (χ4v) is 1.39. The lowest BCUT2D eigenvalue weighted by Gasteiger charge is -2.13. The predicted molar refractivity (Wildman–Crippen MR) is 64.3 cm³/mol. The Morgan fingerprint density at radius 3 is 2.76 bits per heavy atom. The van der Waals surface area contributed by atoms with Gasteiger partial charge in [0.2, 0.25) is 0 Å². The second-order valence-corrected chi connectivity index (χ2v) is 3.65. The molecule has 90 valence electrons. The summed E-state index contributed by atoms with van der Waals surface area (Å²) in [5.74, 6) is 1.87. The molecule has 0 saturated heterocycles. The van der Waals surface area contributed by atoms with E-state index < -0.39 is 10.7 Å². The first-order valence-corrected chi connectivity index (χ1v) is 5.16. The van der Waals surface area contributed by atoms with Crippen LogP contribution in [-0.4, -0.2) is 11.0 Å². The number of anilines is 1. The van der Waals surface area contributed by atoms with Gasteiger partial charge in [-0.05, 0) is 25.0 Å². The maximum absolute atomic E-state index is 13.2. The lowest BCUT2D eigenvalue weighted by molar-refractivity contribution is -0.384. The highest BCUT2D eigenvalue weighted by atomic mass is 19.1. The van der Waals surface area contributed by atoms with Crippen LogP contribution in [0.25, 0.3) is 0 Å². The molecule has 0 aliphatic rings. The van der Waals surface area contributed by atoms with Crippen molar-refractivity contribution in [2.24, 2.45) is 0 Å². The van der Waals surface area contributed by atoms with Crippen LogP contribution in [0.3, 0.4) is 0 Å². The summed E-state index contributed by atoms with van der Waals surface area (Å²) in [4.78, 5) is 10.2. The van der Waals surface area contributed by atoms with Crippen LogP contribution in [0.1, 0.15) is 18.9 Å². The zero-order valence-electron chi connectivity index (χ0n) is 9.66. The zero-order chi connectivity index (χ0) is 13.0. The van der Waals surface area contributed by atoms with Gasteiger partial charge in [-0.15, -0.1) is 6.42 Å². The molecule has 0 aliphatic carbocycles. The number of nitrogens with one attached hydrogen (secondary N) is 1. The number of rotatable bonds is 4. The highest BCUT2D eigenvalue weighted by molar-refractivity contribution is 5.64. The van der Waals surface area contributed by atoms with Gasteiger partial charge in [0.15, 0.2) is 0 Å². The molecule has 5 heteroatoms. The highest BCUT2D eigenvalue weighted by Crippen LogP contribution is 2.28. The molecule has 0 amide bonds. The van der Waals surface area contributed by atoms with E-state index in [0.717, 1.165) is 6.07 Å². The number of nitro benzene ring substituents is 1. The molecule has 1 N–H and O–H groups in total. The molecule has 0 bridgehead atoms. The molecule has 1 atom stereocenters. The normalized spacial score (nSPS) is 11.6. The zero-order valence-corrected chi connectivity index (χ0v) is 9.66. The first kappa shape index (κ1) is 13.0. The van der Waals surface area contributed by atoms with E-state index in [1.54, 1.807) is 6.92 Å². The molecule has 4 nitrogen and oxygen atoms in total. The van der Waals surface area contributed by atoms with E-state index in [1.165, 1.54) is 6.07 Å². The van der Waals surface area contributed by atoms with Gasteiger partial charge in [-0.25, -0.2) is 4.39 Å². The van der Waals surface area contributed by atoms with Crippen LogP contribution in [0.5, 0.6) is 0 Å². The Bertz CT molecular complexity index is 480. The third-order valence-electron chi connectivity index (χ3n) is 2.41. The number of nitrogens with zero attached hydrogens (tertiary/aromatic N) is 1. The largest absolute Gasteiger partial charge is 0.366 e. The van der Waals surface area contributed by atoms with Gasteiger partial charge in [0.05, 0.1) is 17.0 Å². The minimum atomic E-state index is -0.631. The molecule has 1 aromatic rings. The lowest BCUT2D eigenvalue weighted by atomic mass is 10.1. The van der Waals surface area contributed by atoms with Crippen molar-refractivity contribution in [3.63, 3.8) is 0 Å². The SMILES string of the molecule is C#CC(CC)Nc1cc(C)c(F)cc1[N+](=O)[O-]. The summed E-state index contributed by atoms with van der Waals surface area (Å²) < 4.78 is 13.2. The Hall–Kier alpha value is -2.09. The summed E-state index contributed by atoms with van der Waals surface area (Å²) in [5, 5.41) is 13.6. The third-order valence-corrected chi connectivity index (χ3v) is 2.41. The second-order valence-electron chi connectivity index (χ2n) is 3.65. The predicted octanol–water partition coefficient (Wildman–Crippen LogP) is 2.87. The molecule has 1 rings (SSSR count). The molecule has 1 aromatic carbocycles. The summed E-state index contributed by atoms with van der Waals surface area (Å²) in [6, 6.07) is 1.99. The first-order valence-electron chi connectivity index (χ1n) is 5.16. The van der Waals surface area contributed by atoms with E-state index in [1.807, 2.05) is 6.92 Å². The average molecular weight is 236 g/mol. The monoisotopic (exact) mass is 236 g/mol. The van der Waals surface area contributed by atoms with E-state index in [9.17, 15) is 14.5 Å². The molecular weight excluding hydrogens is 223 g/mol. The summed E-state index contributed by atoms with van der Waals surface area (Å²) in [7, 11) is 0. The van der Waals surface area contributed by atoms with Gasteiger partial charge < -0.3 is 5.32 Å². The van der Waals surface area contributed by atoms with Crippen molar-refractivity contribution in [1.29, 1.82) is 0 Å². The van der Waals surface area contributed by atoms with Gasteiger partial charge in [-0.1, -0.05) is 12.8 Å². The van der Waals surface area contributed by atoms with Crippen LogP contribution in [-0.2, 0) is 0 Å².